The summed E-state index contributed by atoms with van der Waals surface area (Å²) in [6, 6.07) is 0. The van der Waals surface area contributed by atoms with Gasteiger partial charge < -0.3 is 4.98 Å². The van der Waals surface area contributed by atoms with Crippen molar-refractivity contribution in [2.75, 3.05) is 11.5 Å². The molecule has 2 heterocycles. The van der Waals surface area contributed by atoms with Gasteiger partial charge in [0.25, 0.3) is 5.56 Å². The molecule has 6 heteroatoms. The van der Waals surface area contributed by atoms with Crippen molar-refractivity contribution in [1.82, 2.24) is 9.97 Å². The first-order chi connectivity index (χ1) is 8.67. The Kier molecular flexibility index (Phi) is 5.44. The Labute approximate surface area is 129 Å². The minimum atomic E-state index is 0.0171. The summed E-state index contributed by atoms with van der Waals surface area (Å²) in [6.07, 6.45) is 1.94. The molecule has 0 bridgehead atoms. The Morgan fingerprint density at radius 2 is 2.11 bits per heavy atom. The van der Waals surface area contributed by atoms with E-state index in [1.165, 1.54) is 5.75 Å². The Morgan fingerprint density at radius 1 is 1.39 bits per heavy atom. The van der Waals surface area contributed by atoms with Crippen LogP contribution in [-0.4, -0.2) is 26.7 Å². The molecule has 0 aromatic carbocycles. The lowest BCUT2D eigenvalue weighted by Gasteiger charge is -2.29. The van der Waals surface area contributed by atoms with Gasteiger partial charge in [-0.2, -0.15) is 11.8 Å². The number of aryl methyl sites for hydroxylation is 1. The summed E-state index contributed by atoms with van der Waals surface area (Å²) in [6.45, 7) is 4.26. The first-order valence-electron chi connectivity index (χ1n) is 6.19. The molecule has 0 amide bonds. The van der Waals surface area contributed by atoms with E-state index in [1.54, 1.807) is 0 Å². The van der Waals surface area contributed by atoms with Crippen molar-refractivity contribution in [2.45, 2.75) is 37.2 Å². The van der Waals surface area contributed by atoms with Gasteiger partial charge >= 0.3 is 0 Å². The molecule has 2 rings (SSSR count). The zero-order valence-electron chi connectivity index (χ0n) is 10.5. The van der Waals surface area contributed by atoms with E-state index in [4.69, 9.17) is 0 Å². The van der Waals surface area contributed by atoms with Crippen LogP contribution in [0.25, 0.3) is 0 Å². The number of nitrogens with one attached hydrogen (secondary N) is 1. The fourth-order valence-corrected chi connectivity index (χ4v) is 5.70. The summed E-state index contributed by atoms with van der Waals surface area (Å²) in [7, 11) is 0. The van der Waals surface area contributed by atoms with Crippen LogP contribution < -0.4 is 5.56 Å². The van der Waals surface area contributed by atoms with Gasteiger partial charge in [0.05, 0.1) is 14.5 Å². The quantitative estimate of drug-likeness (QED) is 0.797. The molecule has 18 heavy (non-hydrogen) atoms. The monoisotopic (exact) mass is 396 g/mol. The third kappa shape index (κ3) is 3.07. The highest BCUT2D eigenvalue weighted by molar-refractivity contribution is 14.1. The average molecular weight is 396 g/mol. The third-order valence-corrected chi connectivity index (χ3v) is 7.37. The predicted molar refractivity (Wildman–Crippen MR) is 88.7 cm³/mol. The molecule has 1 aliphatic heterocycles. The number of aromatic amines is 1. The van der Waals surface area contributed by atoms with Crippen LogP contribution in [0.3, 0.4) is 0 Å². The summed E-state index contributed by atoms with van der Waals surface area (Å²) in [5, 5.41) is 0.903. The zero-order chi connectivity index (χ0) is 13.1. The van der Waals surface area contributed by atoms with Gasteiger partial charge in [-0.15, -0.1) is 11.8 Å². The average Bonchev–Trinajstić information content (AvgIpc) is 2.41. The summed E-state index contributed by atoms with van der Waals surface area (Å²) in [4.78, 5) is 19.6. The predicted octanol–water partition coefficient (Wildman–Crippen LogP) is 3.24. The summed E-state index contributed by atoms with van der Waals surface area (Å²) in [5.41, 5.74) is 0.948. The SMILES string of the molecule is CCc1nc(C2SCCSC2CC)[nH]c(=O)c1I. The summed E-state index contributed by atoms with van der Waals surface area (Å²) < 4.78 is 0.736. The van der Waals surface area contributed by atoms with Crippen LogP contribution in [0.15, 0.2) is 4.79 Å². The second kappa shape index (κ2) is 6.65. The fraction of sp³-hybridized carbons (Fsp3) is 0.667. The van der Waals surface area contributed by atoms with Crippen LogP contribution in [0.5, 0.6) is 0 Å². The molecule has 0 radical (unpaired) electrons. The molecule has 0 saturated carbocycles. The highest BCUT2D eigenvalue weighted by Crippen LogP contribution is 2.42. The van der Waals surface area contributed by atoms with E-state index >= 15 is 0 Å². The van der Waals surface area contributed by atoms with Gasteiger partial charge in [-0.3, -0.25) is 4.79 Å². The first-order valence-corrected chi connectivity index (χ1v) is 9.36. The standard InChI is InChI=1S/C12H17IN2OS2/c1-3-7-9(13)12(16)15-11(14-7)10-8(4-2)17-5-6-18-10/h8,10H,3-6H2,1-2H3,(H,14,15,16). The van der Waals surface area contributed by atoms with Crippen LogP contribution in [-0.2, 0) is 6.42 Å². The number of aromatic nitrogens is 2. The van der Waals surface area contributed by atoms with Crippen LogP contribution in [0.1, 0.15) is 37.0 Å². The molecule has 1 saturated heterocycles. The van der Waals surface area contributed by atoms with Crippen molar-refractivity contribution in [3.05, 3.63) is 25.4 Å². The first kappa shape index (κ1) is 14.7. The maximum absolute atomic E-state index is 11.9. The summed E-state index contributed by atoms with van der Waals surface area (Å²) in [5.74, 6) is 3.22. The lowest BCUT2D eigenvalue weighted by atomic mass is 10.2. The number of nitrogens with zero attached hydrogens (tertiary/aromatic N) is 1. The largest absolute Gasteiger partial charge is 0.309 e. The number of hydrogen-bond donors (Lipinski definition) is 1. The summed E-state index contributed by atoms with van der Waals surface area (Å²) >= 11 is 6.02. The van der Waals surface area contributed by atoms with Gasteiger partial charge in [0, 0.05) is 16.8 Å². The van der Waals surface area contributed by atoms with Crippen LogP contribution >= 0.6 is 46.1 Å². The van der Waals surface area contributed by atoms with Crippen molar-refractivity contribution in [2.24, 2.45) is 0 Å². The van der Waals surface area contributed by atoms with Crippen LogP contribution in [0.2, 0.25) is 0 Å². The van der Waals surface area contributed by atoms with Crippen LogP contribution in [0.4, 0.5) is 0 Å². The molecule has 0 aliphatic carbocycles. The zero-order valence-corrected chi connectivity index (χ0v) is 14.3. The Balaban J connectivity index is 2.37. The Morgan fingerprint density at radius 3 is 2.78 bits per heavy atom. The molecular weight excluding hydrogens is 379 g/mol. The number of H-pyrrole nitrogens is 1. The van der Waals surface area contributed by atoms with Crippen molar-refractivity contribution in [3.63, 3.8) is 0 Å². The van der Waals surface area contributed by atoms with Crippen molar-refractivity contribution in [3.8, 4) is 0 Å². The van der Waals surface area contributed by atoms with E-state index in [0.29, 0.717) is 10.5 Å². The second-order valence-electron chi connectivity index (χ2n) is 4.17. The van der Waals surface area contributed by atoms with Crippen molar-refractivity contribution >= 4 is 46.1 Å². The maximum atomic E-state index is 11.9. The molecule has 1 fully saturated rings. The Bertz CT molecular complexity index is 478. The number of hydrogen-bond acceptors (Lipinski definition) is 4. The smallest absolute Gasteiger partial charge is 0.264 e. The minimum absolute atomic E-state index is 0.0171. The molecule has 1 N–H and O–H groups in total. The van der Waals surface area contributed by atoms with E-state index in [-0.39, 0.29) is 5.56 Å². The maximum Gasteiger partial charge on any atom is 0.264 e. The van der Waals surface area contributed by atoms with Crippen molar-refractivity contribution < 1.29 is 0 Å². The minimum Gasteiger partial charge on any atom is -0.309 e. The van der Waals surface area contributed by atoms with Gasteiger partial charge in [0.1, 0.15) is 5.82 Å². The van der Waals surface area contributed by atoms with Crippen LogP contribution in [0, 0.1) is 3.57 Å². The highest BCUT2D eigenvalue weighted by atomic mass is 127. The Hall–Kier alpha value is 0.310. The topological polar surface area (TPSA) is 45.8 Å². The molecule has 0 spiro atoms. The van der Waals surface area contributed by atoms with E-state index in [2.05, 4.69) is 39.5 Å². The van der Waals surface area contributed by atoms with Gasteiger partial charge in [0.2, 0.25) is 0 Å². The van der Waals surface area contributed by atoms with Gasteiger partial charge in [-0.25, -0.2) is 4.98 Å². The molecule has 3 nitrogen and oxygen atoms in total. The molecule has 1 aromatic rings. The van der Waals surface area contributed by atoms with Gasteiger partial charge in [-0.05, 0) is 35.4 Å². The molecule has 1 aromatic heterocycles. The van der Waals surface area contributed by atoms with Crippen molar-refractivity contribution in [1.29, 1.82) is 0 Å². The molecule has 2 atom stereocenters. The lowest BCUT2D eigenvalue weighted by molar-refractivity contribution is 0.733. The molecular formula is C12H17IN2OS2. The molecule has 100 valence electrons. The number of halogens is 1. The molecule has 1 aliphatic rings. The van der Waals surface area contributed by atoms with E-state index < -0.39 is 0 Å². The van der Waals surface area contributed by atoms with E-state index in [0.717, 1.165) is 33.7 Å². The highest BCUT2D eigenvalue weighted by Gasteiger charge is 2.28. The fourth-order valence-electron chi connectivity index (χ4n) is 2.05. The third-order valence-electron chi connectivity index (χ3n) is 3.01. The number of thioether (sulfide) groups is 2. The number of rotatable bonds is 3. The normalized spacial score (nSPS) is 24.2. The van der Waals surface area contributed by atoms with E-state index in [9.17, 15) is 4.79 Å². The van der Waals surface area contributed by atoms with Gasteiger partial charge in [0.15, 0.2) is 0 Å². The second-order valence-corrected chi connectivity index (χ2v) is 7.85. The molecule has 2 unspecified atom stereocenters. The lowest BCUT2D eigenvalue weighted by Crippen LogP contribution is -2.25. The van der Waals surface area contributed by atoms with Gasteiger partial charge in [-0.1, -0.05) is 13.8 Å². The van der Waals surface area contributed by atoms with E-state index in [1.807, 2.05) is 30.4 Å².